The Bertz CT molecular complexity index is 336. The molecule has 1 aromatic heterocycles. The van der Waals surface area contributed by atoms with Crippen molar-refractivity contribution in [3.05, 3.63) is 17.7 Å². The van der Waals surface area contributed by atoms with E-state index < -0.39 is 0 Å². The third-order valence-corrected chi connectivity index (χ3v) is 3.84. The molecular weight excluding hydrogens is 172 g/mol. The first-order chi connectivity index (χ1) is 6.84. The zero-order valence-electron chi connectivity index (χ0n) is 8.87. The van der Waals surface area contributed by atoms with Gasteiger partial charge in [0.25, 0.3) is 0 Å². The molecule has 1 aliphatic heterocycles. The summed E-state index contributed by atoms with van der Waals surface area (Å²) < 4.78 is 2.49. The van der Waals surface area contributed by atoms with E-state index in [1.54, 1.807) is 0 Å². The van der Waals surface area contributed by atoms with Crippen LogP contribution in [0.2, 0.25) is 0 Å². The van der Waals surface area contributed by atoms with Crippen LogP contribution in [0.4, 0.5) is 0 Å². The molecule has 1 fully saturated rings. The molecule has 0 N–H and O–H groups in total. The predicted molar refractivity (Wildman–Crippen MR) is 56.3 cm³/mol. The van der Waals surface area contributed by atoms with Gasteiger partial charge in [0.15, 0.2) is 0 Å². The van der Waals surface area contributed by atoms with Crippen LogP contribution in [0.5, 0.6) is 0 Å². The Morgan fingerprint density at radius 3 is 2.93 bits per heavy atom. The fourth-order valence-electron chi connectivity index (χ4n) is 2.65. The average Bonchev–Trinajstić information content (AvgIpc) is 2.45. The quantitative estimate of drug-likeness (QED) is 0.665. The summed E-state index contributed by atoms with van der Waals surface area (Å²) in [6.45, 7) is 3.56. The maximum absolute atomic E-state index is 4.62. The molecule has 2 heteroatoms. The van der Waals surface area contributed by atoms with Gasteiger partial charge < -0.3 is 4.57 Å². The average molecular weight is 190 g/mol. The van der Waals surface area contributed by atoms with E-state index in [2.05, 4.69) is 22.7 Å². The molecule has 0 radical (unpaired) electrons. The first-order valence-electron chi connectivity index (χ1n) is 5.89. The van der Waals surface area contributed by atoms with E-state index >= 15 is 0 Å². The summed E-state index contributed by atoms with van der Waals surface area (Å²) >= 11 is 0. The molecule has 0 aromatic carbocycles. The van der Waals surface area contributed by atoms with Crippen molar-refractivity contribution in [3.8, 4) is 0 Å². The summed E-state index contributed by atoms with van der Waals surface area (Å²) in [5, 5.41) is 0. The lowest BCUT2D eigenvalue weighted by atomic mass is 9.84. The lowest BCUT2D eigenvalue weighted by molar-refractivity contribution is 0.356. The Morgan fingerprint density at radius 2 is 2.21 bits per heavy atom. The molecule has 1 saturated carbocycles. The fraction of sp³-hybridized carbons (Fsp3) is 0.750. The van der Waals surface area contributed by atoms with E-state index in [-0.39, 0.29) is 0 Å². The van der Waals surface area contributed by atoms with E-state index in [1.165, 1.54) is 50.2 Å². The highest BCUT2D eigenvalue weighted by Gasteiger charge is 2.27. The molecule has 1 aliphatic carbocycles. The summed E-state index contributed by atoms with van der Waals surface area (Å²) in [6, 6.07) is 0. The lowest BCUT2D eigenvalue weighted by Gasteiger charge is -2.28. The molecule has 2 aliphatic rings. The Hall–Kier alpha value is -0.790. The van der Waals surface area contributed by atoms with Gasteiger partial charge in [0.2, 0.25) is 0 Å². The Morgan fingerprint density at radius 1 is 1.36 bits per heavy atom. The first-order valence-corrected chi connectivity index (χ1v) is 5.89. The third-order valence-electron chi connectivity index (χ3n) is 3.84. The van der Waals surface area contributed by atoms with Crippen molar-refractivity contribution in [2.75, 3.05) is 0 Å². The summed E-state index contributed by atoms with van der Waals surface area (Å²) in [5.74, 6) is 3.03. The molecule has 0 bridgehead atoms. The standard InChI is InChI=1S/C12H18N2/c1-9-5-6-14-11(7-9)8-13-12(14)10-3-2-4-10/h8-10H,2-7H2,1H3. The molecule has 2 heterocycles. The monoisotopic (exact) mass is 190 g/mol. The summed E-state index contributed by atoms with van der Waals surface area (Å²) in [7, 11) is 0. The van der Waals surface area contributed by atoms with Crippen LogP contribution >= 0.6 is 0 Å². The van der Waals surface area contributed by atoms with Crippen molar-refractivity contribution < 1.29 is 0 Å². The van der Waals surface area contributed by atoms with Gasteiger partial charge in [0.1, 0.15) is 5.82 Å². The zero-order valence-corrected chi connectivity index (χ0v) is 8.87. The van der Waals surface area contributed by atoms with Crippen molar-refractivity contribution >= 4 is 0 Å². The van der Waals surface area contributed by atoms with Gasteiger partial charge in [-0.25, -0.2) is 4.98 Å². The largest absolute Gasteiger partial charge is 0.332 e. The Balaban J connectivity index is 1.91. The van der Waals surface area contributed by atoms with E-state index in [0.29, 0.717) is 0 Å². The maximum atomic E-state index is 4.62. The summed E-state index contributed by atoms with van der Waals surface area (Å²) in [4.78, 5) is 4.62. The van der Waals surface area contributed by atoms with Crippen LogP contribution in [0.3, 0.4) is 0 Å². The second-order valence-electron chi connectivity index (χ2n) is 4.99. The Kier molecular flexibility index (Phi) is 1.89. The molecule has 0 spiro atoms. The number of hydrogen-bond acceptors (Lipinski definition) is 1. The number of rotatable bonds is 1. The highest BCUT2D eigenvalue weighted by Crippen LogP contribution is 2.37. The maximum Gasteiger partial charge on any atom is 0.111 e. The first kappa shape index (κ1) is 8.51. The molecule has 1 aromatic rings. The van der Waals surface area contributed by atoms with Gasteiger partial charge in [-0.1, -0.05) is 13.3 Å². The molecule has 0 saturated heterocycles. The van der Waals surface area contributed by atoms with Crippen molar-refractivity contribution in [2.45, 2.75) is 51.5 Å². The molecule has 14 heavy (non-hydrogen) atoms. The number of hydrogen-bond donors (Lipinski definition) is 0. The fourth-order valence-corrected chi connectivity index (χ4v) is 2.65. The lowest BCUT2D eigenvalue weighted by Crippen LogP contribution is -2.22. The smallest absolute Gasteiger partial charge is 0.111 e. The van der Waals surface area contributed by atoms with Crippen LogP contribution in [0, 0.1) is 5.92 Å². The van der Waals surface area contributed by atoms with Gasteiger partial charge in [0, 0.05) is 24.4 Å². The molecule has 1 unspecified atom stereocenters. The van der Waals surface area contributed by atoms with Gasteiger partial charge in [-0.05, 0) is 31.6 Å². The van der Waals surface area contributed by atoms with E-state index in [4.69, 9.17) is 0 Å². The van der Waals surface area contributed by atoms with Crippen molar-refractivity contribution in [1.29, 1.82) is 0 Å². The summed E-state index contributed by atoms with van der Waals surface area (Å²) in [5.41, 5.74) is 1.48. The predicted octanol–water partition coefficient (Wildman–Crippen LogP) is 2.73. The van der Waals surface area contributed by atoms with Crippen molar-refractivity contribution in [1.82, 2.24) is 9.55 Å². The van der Waals surface area contributed by atoms with E-state index in [9.17, 15) is 0 Å². The van der Waals surface area contributed by atoms with Crippen LogP contribution in [0.15, 0.2) is 6.20 Å². The minimum Gasteiger partial charge on any atom is -0.332 e. The number of imidazole rings is 1. The van der Waals surface area contributed by atoms with Crippen molar-refractivity contribution in [3.63, 3.8) is 0 Å². The topological polar surface area (TPSA) is 17.8 Å². The van der Waals surface area contributed by atoms with E-state index in [1.807, 2.05) is 0 Å². The van der Waals surface area contributed by atoms with Gasteiger partial charge in [-0.15, -0.1) is 0 Å². The van der Waals surface area contributed by atoms with Crippen LogP contribution < -0.4 is 0 Å². The van der Waals surface area contributed by atoms with Gasteiger partial charge in [-0.2, -0.15) is 0 Å². The van der Waals surface area contributed by atoms with Crippen LogP contribution in [-0.2, 0) is 13.0 Å². The summed E-state index contributed by atoms with van der Waals surface area (Å²) in [6.07, 6.45) is 8.83. The number of aromatic nitrogens is 2. The SMILES string of the molecule is CC1CCn2c(cnc2C2CCC2)C1. The second-order valence-corrected chi connectivity index (χ2v) is 4.99. The number of fused-ring (bicyclic) bond motifs is 1. The highest BCUT2D eigenvalue weighted by molar-refractivity contribution is 5.13. The zero-order chi connectivity index (χ0) is 9.54. The minimum atomic E-state index is 0.789. The van der Waals surface area contributed by atoms with Crippen LogP contribution in [-0.4, -0.2) is 9.55 Å². The Labute approximate surface area is 85.3 Å². The molecule has 1 atom stereocenters. The molecule has 0 amide bonds. The number of nitrogens with zero attached hydrogens (tertiary/aromatic N) is 2. The van der Waals surface area contributed by atoms with Gasteiger partial charge in [0.05, 0.1) is 0 Å². The van der Waals surface area contributed by atoms with Gasteiger partial charge in [-0.3, -0.25) is 0 Å². The second kappa shape index (κ2) is 3.11. The third kappa shape index (κ3) is 1.20. The molecule has 3 rings (SSSR count). The van der Waals surface area contributed by atoms with E-state index in [0.717, 1.165) is 11.8 Å². The van der Waals surface area contributed by atoms with Crippen molar-refractivity contribution in [2.24, 2.45) is 5.92 Å². The molecule has 76 valence electrons. The minimum absolute atomic E-state index is 0.789. The van der Waals surface area contributed by atoms with Crippen LogP contribution in [0.1, 0.15) is 50.0 Å². The van der Waals surface area contributed by atoms with Gasteiger partial charge >= 0.3 is 0 Å². The highest BCUT2D eigenvalue weighted by atomic mass is 15.1. The molecule has 2 nitrogen and oxygen atoms in total. The normalized spacial score (nSPS) is 27.1. The van der Waals surface area contributed by atoms with Crippen LogP contribution in [0.25, 0.3) is 0 Å². The molecular formula is C12H18N2.